The van der Waals surface area contributed by atoms with Crippen molar-refractivity contribution >= 4 is 0 Å². The minimum absolute atomic E-state index is 0.618. The van der Waals surface area contributed by atoms with E-state index in [1.54, 1.807) is 0 Å². The minimum atomic E-state index is 0.618. The molecule has 6 heteroatoms. The zero-order valence-electron chi connectivity index (χ0n) is 35.8. The molecule has 0 aliphatic heterocycles. The molecular formula is C60H40N6. The average molecular weight is 845 g/mol. The lowest BCUT2D eigenvalue weighted by molar-refractivity contribution is 1.07. The Hall–Kier alpha value is -9.00. The van der Waals surface area contributed by atoms with Gasteiger partial charge in [-0.25, -0.2) is 29.9 Å². The molecule has 0 unspecified atom stereocenters. The SMILES string of the molecule is c1ccc(-c2ccc(-c3cc(-c4ccc(-c5nc(-c6ccccc6)nc(-c6ccccc6)n5)cc4)cc(-c4ccc(-c5nc(-c6ccccc6)nc(-c6ccccc6)n5)cc4)c3)cc2)cc1. The summed E-state index contributed by atoms with van der Waals surface area (Å²) in [6, 6.07) is 83.4. The van der Waals surface area contributed by atoms with E-state index in [2.05, 4.69) is 115 Å². The first kappa shape index (κ1) is 39.8. The number of benzene rings is 9. The van der Waals surface area contributed by atoms with Crippen molar-refractivity contribution in [3.05, 3.63) is 243 Å². The van der Waals surface area contributed by atoms with E-state index in [0.717, 1.165) is 66.8 Å². The van der Waals surface area contributed by atoms with Crippen molar-refractivity contribution in [3.63, 3.8) is 0 Å². The van der Waals surface area contributed by atoms with Crippen molar-refractivity contribution in [2.45, 2.75) is 0 Å². The van der Waals surface area contributed by atoms with Crippen molar-refractivity contribution in [1.82, 2.24) is 29.9 Å². The quantitative estimate of drug-likeness (QED) is 0.136. The molecule has 66 heavy (non-hydrogen) atoms. The first-order valence-electron chi connectivity index (χ1n) is 21.9. The average Bonchev–Trinajstić information content (AvgIpc) is 3.42. The van der Waals surface area contributed by atoms with Crippen molar-refractivity contribution in [2.75, 3.05) is 0 Å². The normalized spacial score (nSPS) is 11.0. The first-order chi connectivity index (χ1) is 32.7. The van der Waals surface area contributed by atoms with E-state index in [1.165, 1.54) is 11.1 Å². The third kappa shape index (κ3) is 8.54. The Bertz CT molecular complexity index is 3100. The van der Waals surface area contributed by atoms with Crippen molar-refractivity contribution in [2.24, 2.45) is 0 Å². The van der Waals surface area contributed by atoms with E-state index < -0.39 is 0 Å². The molecule has 0 saturated carbocycles. The van der Waals surface area contributed by atoms with Crippen LogP contribution in [-0.2, 0) is 0 Å². The third-order valence-electron chi connectivity index (χ3n) is 11.6. The van der Waals surface area contributed by atoms with E-state index in [4.69, 9.17) is 29.9 Å². The first-order valence-corrected chi connectivity index (χ1v) is 21.9. The summed E-state index contributed by atoms with van der Waals surface area (Å²) in [6.45, 7) is 0. The van der Waals surface area contributed by atoms with E-state index in [0.29, 0.717) is 34.9 Å². The summed E-state index contributed by atoms with van der Waals surface area (Å²) in [5, 5.41) is 0. The Labute approximate surface area is 383 Å². The molecule has 0 bridgehead atoms. The molecule has 0 spiro atoms. The van der Waals surface area contributed by atoms with Gasteiger partial charge in [0.05, 0.1) is 0 Å². The van der Waals surface area contributed by atoms with Crippen LogP contribution in [-0.4, -0.2) is 29.9 Å². The smallest absolute Gasteiger partial charge is 0.164 e. The van der Waals surface area contributed by atoms with Gasteiger partial charge in [0, 0.05) is 33.4 Å². The maximum absolute atomic E-state index is 4.97. The minimum Gasteiger partial charge on any atom is -0.208 e. The highest BCUT2D eigenvalue weighted by molar-refractivity contribution is 5.83. The van der Waals surface area contributed by atoms with Crippen LogP contribution in [0.5, 0.6) is 0 Å². The van der Waals surface area contributed by atoms with Gasteiger partial charge in [0.25, 0.3) is 0 Å². The van der Waals surface area contributed by atoms with E-state index in [-0.39, 0.29) is 0 Å². The Morgan fingerprint density at radius 3 is 0.515 bits per heavy atom. The number of nitrogens with zero attached hydrogens (tertiary/aromatic N) is 6. The van der Waals surface area contributed by atoms with Gasteiger partial charge in [0.1, 0.15) is 0 Å². The molecule has 310 valence electrons. The molecule has 0 amide bonds. The van der Waals surface area contributed by atoms with Crippen molar-refractivity contribution in [1.29, 1.82) is 0 Å². The van der Waals surface area contributed by atoms with Gasteiger partial charge < -0.3 is 0 Å². The van der Waals surface area contributed by atoms with Crippen LogP contribution < -0.4 is 0 Å². The molecule has 2 heterocycles. The second kappa shape index (κ2) is 18.0. The maximum atomic E-state index is 4.97. The summed E-state index contributed by atoms with van der Waals surface area (Å²) in [7, 11) is 0. The van der Waals surface area contributed by atoms with Crippen LogP contribution in [0.15, 0.2) is 243 Å². The summed E-state index contributed by atoms with van der Waals surface area (Å²) in [4.78, 5) is 29.7. The monoisotopic (exact) mass is 844 g/mol. The van der Waals surface area contributed by atoms with Gasteiger partial charge >= 0.3 is 0 Å². The Morgan fingerprint density at radius 2 is 0.288 bits per heavy atom. The Morgan fingerprint density at radius 1 is 0.136 bits per heavy atom. The van der Waals surface area contributed by atoms with Gasteiger partial charge in [-0.15, -0.1) is 0 Å². The molecule has 11 rings (SSSR count). The molecule has 9 aromatic carbocycles. The second-order valence-corrected chi connectivity index (χ2v) is 16.0. The number of aromatic nitrogens is 6. The summed E-state index contributed by atoms with van der Waals surface area (Å²) >= 11 is 0. The summed E-state index contributed by atoms with van der Waals surface area (Å²) in [5.74, 6) is 3.77. The number of rotatable bonds is 10. The fourth-order valence-electron chi connectivity index (χ4n) is 8.11. The maximum Gasteiger partial charge on any atom is 0.164 e. The molecule has 0 radical (unpaired) electrons. The van der Waals surface area contributed by atoms with Gasteiger partial charge in [-0.3, -0.25) is 0 Å². The van der Waals surface area contributed by atoms with Crippen LogP contribution >= 0.6 is 0 Å². The van der Waals surface area contributed by atoms with E-state index in [1.807, 2.05) is 127 Å². The summed E-state index contributed by atoms with van der Waals surface area (Å²) in [5.41, 5.74) is 14.5. The molecule has 2 aromatic heterocycles. The van der Waals surface area contributed by atoms with Crippen LogP contribution in [0.3, 0.4) is 0 Å². The highest BCUT2D eigenvalue weighted by Gasteiger charge is 2.16. The number of hydrogen-bond acceptors (Lipinski definition) is 6. The van der Waals surface area contributed by atoms with Gasteiger partial charge in [-0.2, -0.15) is 0 Å². The Kier molecular flexibility index (Phi) is 10.9. The number of hydrogen-bond donors (Lipinski definition) is 0. The molecule has 0 atom stereocenters. The molecule has 0 N–H and O–H groups in total. The van der Waals surface area contributed by atoms with Crippen LogP contribution in [0.2, 0.25) is 0 Å². The molecule has 11 aromatic rings. The molecule has 0 aliphatic carbocycles. The third-order valence-corrected chi connectivity index (χ3v) is 11.6. The zero-order valence-corrected chi connectivity index (χ0v) is 35.8. The van der Waals surface area contributed by atoms with Gasteiger partial charge in [0.2, 0.25) is 0 Å². The summed E-state index contributed by atoms with van der Waals surface area (Å²) in [6.07, 6.45) is 0. The lowest BCUT2D eigenvalue weighted by Gasteiger charge is -2.13. The predicted octanol–water partition coefficient (Wildman–Crippen LogP) is 14.7. The van der Waals surface area contributed by atoms with Gasteiger partial charge in [0.15, 0.2) is 34.9 Å². The van der Waals surface area contributed by atoms with Crippen LogP contribution in [0, 0.1) is 0 Å². The van der Waals surface area contributed by atoms with E-state index in [9.17, 15) is 0 Å². The van der Waals surface area contributed by atoms with E-state index >= 15 is 0 Å². The zero-order chi connectivity index (χ0) is 44.1. The summed E-state index contributed by atoms with van der Waals surface area (Å²) < 4.78 is 0. The van der Waals surface area contributed by atoms with Crippen molar-refractivity contribution in [3.8, 4) is 113 Å². The standard InChI is InChI=1S/C60H40N6/c1-6-16-41(17-7-1)42-26-28-43(29-27-42)52-38-53(44-30-34-50(35-31-44)59-63-55(46-18-8-2-9-19-46)61-56(64-59)47-20-10-3-11-21-47)40-54(39-52)45-32-36-51(37-33-45)60-65-57(48-22-12-4-13-23-48)62-58(66-60)49-24-14-5-15-25-49/h1-40H. The van der Waals surface area contributed by atoms with Crippen LogP contribution in [0.25, 0.3) is 113 Å². The fraction of sp³-hybridized carbons (Fsp3) is 0. The molecule has 6 nitrogen and oxygen atoms in total. The van der Waals surface area contributed by atoms with Gasteiger partial charge in [-0.05, 0) is 62.7 Å². The molecular weight excluding hydrogens is 805 g/mol. The highest BCUT2D eigenvalue weighted by Crippen LogP contribution is 2.36. The van der Waals surface area contributed by atoms with Gasteiger partial charge in [-0.1, -0.05) is 224 Å². The Balaban J connectivity index is 0.976. The molecule has 0 aliphatic rings. The van der Waals surface area contributed by atoms with Crippen molar-refractivity contribution < 1.29 is 0 Å². The lowest BCUT2D eigenvalue weighted by Crippen LogP contribution is -2.00. The fourth-order valence-corrected chi connectivity index (χ4v) is 8.11. The topological polar surface area (TPSA) is 77.3 Å². The molecule has 0 saturated heterocycles. The molecule has 0 fully saturated rings. The second-order valence-electron chi connectivity index (χ2n) is 16.0. The van der Waals surface area contributed by atoms with Crippen LogP contribution in [0.4, 0.5) is 0 Å². The predicted molar refractivity (Wildman–Crippen MR) is 268 cm³/mol. The van der Waals surface area contributed by atoms with Crippen LogP contribution in [0.1, 0.15) is 0 Å². The lowest BCUT2D eigenvalue weighted by atomic mass is 9.92. The largest absolute Gasteiger partial charge is 0.208 e. The highest BCUT2D eigenvalue weighted by atomic mass is 15.0.